The molecule has 0 aliphatic heterocycles. The van der Waals surface area contributed by atoms with Crippen molar-refractivity contribution in [1.29, 1.82) is 0 Å². The van der Waals surface area contributed by atoms with Crippen molar-refractivity contribution in [3.8, 4) is 5.88 Å². The van der Waals surface area contributed by atoms with Crippen LogP contribution < -0.4 is 10.5 Å². The maximum absolute atomic E-state index is 6.21. The number of halogens is 1. The number of ether oxygens (including phenoxy) is 1. The van der Waals surface area contributed by atoms with Gasteiger partial charge < -0.3 is 10.5 Å². The Balaban J connectivity index is 2.16. The lowest BCUT2D eigenvalue weighted by molar-refractivity contribution is 0.388. The van der Waals surface area contributed by atoms with Crippen molar-refractivity contribution in [2.45, 2.75) is 12.5 Å². The fraction of sp³-hybridized carbons (Fsp3) is 0.214. The van der Waals surface area contributed by atoms with Crippen LogP contribution in [0.3, 0.4) is 0 Å². The molecule has 0 saturated carbocycles. The smallest absolute Gasteiger partial charge is 0.217 e. The van der Waals surface area contributed by atoms with E-state index in [1.165, 1.54) is 5.56 Å². The van der Waals surface area contributed by atoms with Crippen molar-refractivity contribution in [3.63, 3.8) is 0 Å². The van der Waals surface area contributed by atoms with Gasteiger partial charge in [0.1, 0.15) is 0 Å². The monoisotopic (exact) mass is 306 g/mol. The van der Waals surface area contributed by atoms with Crippen LogP contribution in [0.4, 0.5) is 0 Å². The Morgan fingerprint density at radius 3 is 2.67 bits per heavy atom. The highest BCUT2D eigenvalue weighted by molar-refractivity contribution is 9.10. The van der Waals surface area contributed by atoms with E-state index >= 15 is 0 Å². The molecule has 94 valence electrons. The number of rotatable bonds is 4. The number of methoxy groups -OCH3 is 1. The first-order valence-electron chi connectivity index (χ1n) is 5.69. The van der Waals surface area contributed by atoms with Gasteiger partial charge in [0.15, 0.2) is 0 Å². The molecule has 0 bridgehead atoms. The third-order valence-electron chi connectivity index (χ3n) is 2.76. The van der Waals surface area contributed by atoms with Gasteiger partial charge in [0.05, 0.1) is 7.11 Å². The van der Waals surface area contributed by atoms with Gasteiger partial charge in [0.2, 0.25) is 5.88 Å². The summed E-state index contributed by atoms with van der Waals surface area (Å²) in [5.41, 5.74) is 8.33. The molecule has 1 unspecified atom stereocenters. The van der Waals surface area contributed by atoms with Crippen molar-refractivity contribution >= 4 is 15.9 Å². The second-order valence-electron chi connectivity index (χ2n) is 4.04. The molecule has 2 N–H and O–H groups in total. The molecule has 1 atom stereocenters. The predicted molar refractivity (Wildman–Crippen MR) is 75.6 cm³/mol. The maximum atomic E-state index is 6.21. The first-order chi connectivity index (χ1) is 8.70. The number of benzene rings is 1. The van der Waals surface area contributed by atoms with Crippen LogP contribution in [0.2, 0.25) is 0 Å². The summed E-state index contributed by atoms with van der Waals surface area (Å²) >= 11 is 3.42. The maximum Gasteiger partial charge on any atom is 0.217 e. The Morgan fingerprint density at radius 2 is 2.00 bits per heavy atom. The molecule has 0 spiro atoms. The molecule has 2 aromatic rings. The van der Waals surface area contributed by atoms with Gasteiger partial charge in [-0.3, -0.25) is 0 Å². The quantitative estimate of drug-likeness (QED) is 0.944. The van der Waals surface area contributed by atoms with E-state index in [4.69, 9.17) is 10.5 Å². The first-order valence-corrected chi connectivity index (χ1v) is 6.49. The minimum atomic E-state index is -0.116. The van der Waals surface area contributed by atoms with Crippen LogP contribution in [-0.4, -0.2) is 12.1 Å². The number of nitrogens with two attached hydrogens (primary N) is 1. The normalized spacial score (nSPS) is 12.2. The van der Waals surface area contributed by atoms with Gasteiger partial charge in [-0.2, -0.15) is 0 Å². The molecule has 3 nitrogen and oxygen atoms in total. The van der Waals surface area contributed by atoms with E-state index in [1.54, 1.807) is 13.3 Å². The lowest BCUT2D eigenvalue weighted by Crippen LogP contribution is -2.14. The number of hydrogen-bond acceptors (Lipinski definition) is 3. The Labute approximate surface area is 115 Å². The lowest BCUT2D eigenvalue weighted by atomic mass is 10.0. The van der Waals surface area contributed by atoms with E-state index in [-0.39, 0.29) is 6.04 Å². The van der Waals surface area contributed by atoms with Crippen molar-refractivity contribution in [3.05, 3.63) is 58.2 Å². The summed E-state index contributed by atoms with van der Waals surface area (Å²) in [4.78, 5) is 4.16. The molecule has 1 heterocycles. The molecule has 0 fully saturated rings. The second-order valence-corrected chi connectivity index (χ2v) is 4.95. The highest BCUT2D eigenvalue weighted by atomic mass is 79.9. The third-order valence-corrected chi connectivity index (χ3v) is 3.29. The molecule has 4 heteroatoms. The second kappa shape index (κ2) is 5.98. The van der Waals surface area contributed by atoms with Gasteiger partial charge in [-0.15, -0.1) is 0 Å². The van der Waals surface area contributed by atoms with Crippen LogP contribution in [0.15, 0.2) is 47.1 Å². The van der Waals surface area contributed by atoms with E-state index in [1.807, 2.05) is 24.3 Å². The summed E-state index contributed by atoms with van der Waals surface area (Å²) in [5.74, 6) is 0.599. The lowest BCUT2D eigenvalue weighted by Gasteiger charge is -2.14. The van der Waals surface area contributed by atoms with E-state index in [9.17, 15) is 0 Å². The highest BCUT2D eigenvalue weighted by Crippen LogP contribution is 2.24. The van der Waals surface area contributed by atoms with Gasteiger partial charge in [-0.25, -0.2) is 4.98 Å². The topological polar surface area (TPSA) is 48.1 Å². The van der Waals surface area contributed by atoms with Crippen LogP contribution in [-0.2, 0) is 6.42 Å². The highest BCUT2D eigenvalue weighted by Gasteiger charge is 2.12. The molecule has 0 aliphatic carbocycles. The zero-order valence-electron chi connectivity index (χ0n) is 10.1. The molecular formula is C14H15BrN2O. The van der Waals surface area contributed by atoms with E-state index in [2.05, 4.69) is 33.0 Å². The fourth-order valence-electron chi connectivity index (χ4n) is 1.84. The predicted octanol–water partition coefficient (Wildman–Crippen LogP) is 3.10. The average molecular weight is 307 g/mol. The average Bonchev–Trinajstić information content (AvgIpc) is 2.41. The van der Waals surface area contributed by atoms with Gasteiger partial charge in [-0.1, -0.05) is 34.1 Å². The van der Waals surface area contributed by atoms with E-state index < -0.39 is 0 Å². The summed E-state index contributed by atoms with van der Waals surface area (Å²) in [6.45, 7) is 0. The molecule has 1 aromatic carbocycles. The van der Waals surface area contributed by atoms with Crippen molar-refractivity contribution in [2.24, 2.45) is 5.73 Å². The Morgan fingerprint density at radius 1 is 1.28 bits per heavy atom. The largest absolute Gasteiger partial charge is 0.481 e. The summed E-state index contributed by atoms with van der Waals surface area (Å²) in [6.07, 6.45) is 2.46. The first kappa shape index (κ1) is 13.1. The van der Waals surface area contributed by atoms with Crippen LogP contribution in [0.1, 0.15) is 17.2 Å². The molecule has 0 amide bonds. The molecular weight excluding hydrogens is 292 g/mol. The minimum absolute atomic E-state index is 0.116. The van der Waals surface area contributed by atoms with Crippen molar-refractivity contribution < 1.29 is 4.74 Å². The van der Waals surface area contributed by atoms with Gasteiger partial charge >= 0.3 is 0 Å². The van der Waals surface area contributed by atoms with Crippen LogP contribution in [0, 0.1) is 0 Å². The Hall–Kier alpha value is -1.39. The van der Waals surface area contributed by atoms with Gasteiger partial charge in [-0.05, 0) is 30.2 Å². The number of nitrogens with zero attached hydrogens (tertiary/aromatic N) is 1. The van der Waals surface area contributed by atoms with Crippen molar-refractivity contribution in [1.82, 2.24) is 4.98 Å². The zero-order valence-corrected chi connectivity index (χ0v) is 11.7. The standard InChI is InChI=1S/C14H15BrN2O/c1-18-14-12(3-2-8-17-14)13(16)9-10-4-6-11(15)7-5-10/h2-8,13H,9,16H2,1H3. The van der Waals surface area contributed by atoms with Gasteiger partial charge in [0, 0.05) is 22.3 Å². The van der Waals surface area contributed by atoms with Crippen LogP contribution in [0.5, 0.6) is 5.88 Å². The summed E-state index contributed by atoms with van der Waals surface area (Å²) < 4.78 is 6.29. The van der Waals surface area contributed by atoms with Crippen LogP contribution >= 0.6 is 15.9 Å². The SMILES string of the molecule is COc1ncccc1C(N)Cc1ccc(Br)cc1. The summed E-state index contributed by atoms with van der Waals surface area (Å²) in [7, 11) is 1.61. The fourth-order valence-corrected chi connectivity index (χ4v) is 2.10. The zero-order chi connectivity index (χ0) is 13.0. The summed E-state index contributed by atoms with van der Waals surface area (Å²) in [5, 5.41) is 0. The Kier molecular flexibility index (Phi) is 4.33. The number of pyridine rings is 1. The summed E-state index contributed by atoms with van der Waals surface area (Å²) in [6, 6.07) is 11.9. The molecule has 1 aromatic heterocycles. The number of hydrogen-bond donors (Lipinski definition) is 1. The molecule has 18 heavy (non-hydrogen) atoms. The third kappa shape index (κ3) is 3.09. The van der Waals surface area contributed by atoms with E-state index in [0.717, 1.165) is 16.5 Å². The van der Waals surface area contributed by atoms with Crippen molar-refractivity contribution in [2.75, 3.05) is 7.11 Å². The number of aromatic nitrogens is 1. The molecule has 0 aliphatic rings. The minimum Gasteiger partial charge on any atom is -0.481 e. The molecule has 0 radical (unpaired) electrons. The van der Waals surface area contributed by atoms with E-state index in [0.29, 0.717) is 5.88 Å². The van der Waals surface area contributed by atoms with Gasteiger partial charge in [0.25, 0.3) is 0 Å². The molecule has 0 saturated heterocycles. The Bertz CT molecular complexity index is 513. The van der Waals surface area contributed by atoms with Crippen LogP contribution in [0.25, 0.3) is 0 Å². The molecule has 2 rings (SSSR count).